The van der Waals surface area contributed by atoms with Crippen LogP contribution in [0.25, 0.3) is 10.2 Å². The van der Waals surface area contributed by atoms with Gasteiger partial charge in [-0.3, -0.25) is 9.59 Å². The number of halogens is 3. The molecule has 0 radical (unpaired) electrons. The van der Waals surface area contributed by atoms with E-state index < -0.39 is 17.9 Å². The van der Waals surface area contributed by atoms with Gasteiger partial charge in [0.05, 0.1) is 5.69 Å². The van der Waals surface area contributed by atoms with Crippen LogP contribution < -0.4 is 5.32 Å². The molecule has 4 heterocycles. The third-order valence-corrected chi connectivity index (χ3v) is 5.48. The van der Waals surface area contributed by atoms with E-state index in [4.69, 9.17) is 0 Å². The Hall–Kier alpha value is -2.16. The number of pyridine rings is 1. The lowest BCUT2D eigenvalue weighted by atomic mass is 10.1. The van der Waals surface area contributed by atoms with Gasteiger partial charge in [-0.2, -0.15) is 13.2 Å². The first-order valence-corrected chi connectivity index (χ1v) is 8.22. The Morgan fingerprint density at radius 3 is 2.83 bits per heavy atom. The maximum atomic E-state index is 13.0. The number of anilines is 1. The van der Waals surface area contributed by atoms with Crippen LogP contribution in [0.2, 0.25) is 0 Å². The first-order valence-electron chi connectivity index (χ1n) is 7.40. The van der Waals surface area contributed by atoms with Crippen LogP contribution in [0.3, 0.4) is 0 Å². The number of amides is 2. The zero-order chi connectivity index (χ0) is 17.2. The Morgan fingerprint density at radius 1 is 1.38 bits per heavy atom. The molecule has 0 bridgehead atoms. The predicted octanol–water partition coefficient (Wildman–Crippen LogP) is 3.18. The van der Waals surface area contributed by atoms with Crippen LogP contribution in [-0.4, -0.2) is 34.3 Å². The number of aryl methyl sites for hydroxylation is 1. The summed E-state index contributed by atoms with van der Waals surface area (Å²) in [7, 11) is 0. The molecule has 2 aliphatic heterocycles. The highest BCUT2D eigenvalue weighted by Crippen LogP contribution is 2.42. The van der Waals surface area contributed by atoms with Crippen LogP contribution in [0, 0.1) is 6.92 Å². The normalized spacial score (nSPS) is 20.8. The summed E-state index contributed by atoms with van der Waals surface area (Å²) in [6.45, 7) is 2.00. The minimum absolute atomic E-state index is 0.110. The number of aromatic nitrogens is 1. The largest absolute Gasteiger partial charge is 0.433 e. The second-order valence-electron chi connectivity index (χ2n) is 5.95. The van der Waals surface area contributed by atoms with Crippen molar-refractivity contribution in [1.82, 2.24) is 9.88 Å². The number of hydrogen-bond donors (Lipinski definition) is 1. The van der Waals surface area contributed by atoms with Gasteiger partial charge in [-0.15, -0.1) is 11.3 Å². The minimum atomic E-state index is -4.56. The lowest BCUT2D eigenvalue weighted by molar-refractivity contribution is -0.141. The van der Waals surface area contributed by atoms with E-state index in [1.54, 1.807) is 0 Å². The van der Waals surface area contributed by atoms with Crippen LogP contribution in [-0.2, 0) is 11.0 Å². The summed E-state index contributed by atoms with van der Waals surface area (Å²) in [6, 6.07) is 0.438. The Bertz CT molecular complexity index is 890. The monoisotopic (exact) mass is 355 g/mol. The van der Waals surface area contributed by atoms with Crippen LogP contribution in [0.15, 0.2) is 6.07 Å². The van der Waals surface area contributed by atoms with Crippen molar-refractivity contribution >= 4 is 39.1 Å². The molecule has 1 fully saturated rings. The zero-order valence-corrected chi connectivity index (χ0v) is 13.3. The fraction of sp³-hybridized carbons (Fsp3) is 0.400. The van der Waals surface area contributed by atoms with Gasteiger partial charge in [0, 0.05) is 11.9 Å². The molecule has 0 unspecified atom stereocenters. The molecule has 0 saturated carbocycles. The van der Waals surface area contributed by atoms with Crippen molar-refractivity contribution in [3.05, 3.63) is 22.2 Å². The number of hydrogen-bond acceptors (Lipinski definition) is 4. The smallest absolute Gasteiger partial charge is 0.326 e. The Balaban J connectivity index is 1.95. The molecule has 0 aliphatic carbocycles. The summed E-state index contributed by atoms with van der Waals surface area (Å²) in [5, 5.41) is 3.14. The first-order chi connectivity index (χ1) is 11.3. The van der Waals surface area contributed by atoms with E-state index in [1.165, 1.54) is 11.8 Å². The zero-order valence-electron chi connectivity index (χ0n) is 12.5. The van der Waals surface area contributed by atoms with E-state index in [0.29, 0.717) is 23.9 Å². The number of fused-ring (bicyclic) bond motifs is 4. The molecule has 24 heavy (non-hydrogen) atoms. The third-order valence-electron chi connectivity index (χ3n) is 4.41. The fourth-order valence-electron chi connectivity index (χ4n) is 3.32. The molecule has 1 atom stereocenters. The number of carbonyl (C=O) groups excluding carboxylic acids is 2. The molecule has 1 N–H and O–H groups in total. The molecular formula is C15H12F3N3O2S. The molecule has 2 aromatic heterocycles. The minimum Gasteiger partial charge on any atom is -0.326 e. The topological polar surface area (TPSA) is 62.3 Å². The van der Waals surface area contributed by atoms with E-state index in [2.05, 4.69) is 10.3 Å². The molecular weight excluding hydrogens is 343 g/mol. The maximum Gasteiger partial charge on any atom is 0.433 e. The summed E-state index contributed by atoms with van der Waals surface area (Å²) in [5.41, 5.74) is -0.375. The molecule has 9 heteroatoms. The summed E-state index contributed by atoms with van der Waals surface area (Å²) in [6.07, 6.45) is -3.23. The van der Waals surface area contributed by atoms with E-state index >= 15 is 0 Å². The molecule has 126 valence electrons. The van der Waals surface area contributed by atoms with Gasteiger partial charge < -0.3 is 10.2 Å². The average Bonchev–Trinajstić information content (AvgIpc) is 3.08. The lowest BCUT2D eigenvalue weighted by Crippen LogP contribution is -2.40. The van der Waals surface area contributed by atoms with Gasteiger partial charge in [-0.1, -0.05) is 0 Å². The van der Waals surface area contributed by atoms with Gasteiger partial charge in [0.15, 0.2) is 0 Å². The summed E-state index contributed by atoms with van der Waals surface area (Å²) in [4.78, 5) is 30.6. The van der Waals surface area contributed by atoms with Gasteiger partial charge in [-0.05, 0) is 31.4 Å². The third kappa shape index (κ3) is 2.10. The number of alkyl halides is 3. The van der Waals surface area contributed by atoms with E-state index in [1.807, 2.05) is 0 Å². The highest BCUT2D eigenvalue weighted by atomic mass is 32.1. The highest BCUT2D eigenvalue weighted by molar-refractivity contribution is 7.21. The number of nitrogens with zero attached hydrogens (tertiary/aromatic N) is 2. The van der Waals surface area contributed by atoms with E-state index in [-0.39, 0.29) is 27.2 Å². The highest BCUT2D eigenvalue weighted by Gasteiger charge is 2.41. The molecule has 0 spiro atoms. The molecule has 2 amide bonds. The lowest BCUT2D eigenvalue weighted by Gasteiger charge is -2.19. The Labute approximate surface area is 138 Å². The molecule has 5 nitrogen and oxygen atoms in total. The van der Waals surface area contributed by atoms with Crippen molar-refractivity contribution < 1.29 is 22.8 Å². The van der Waals surface area contributed by atoms with Gasteiger partial charge in [0.1, 0.15) is 21.4 Å². The van der Waals surface area contributed by atoms with Gasteiger partial charge >= 0.3 is 6.18 Å². The molecule has 2 aliphatic rings. The van der Waals surface area contributed by atoms with Crippen LogP contribution in [0.5, 0.6) is 0 Å². The second-order valence-corrected chi connectivity index (χ2v) is 6.95. The Kier molecular flexibility index (Phi) is 3.15. The van der Waals surface area contributed by atoms with Crippen LogP contribution in [0.1, 0.15) is 33.8 Å². The van der Waals surface area contributed by atoms with Crippen molar-refractivity contribution in [3.8, 4) is 0 Å². The molecule has 0 aromatic carbocycles. The van der Waals surface area contributed by atoms with Gasteiger partial charge in [-0.25, -0.2) is 4.98 Å². The maximum absolute atomic E-state index is 13.0. The summed E-state index contributed by atoms with van der Waals surface area (Å²) < 4.78 is 38.9. The van der Waals surface area contributed by atoms with Crippen molar-refractivity contribution in [3.63, 3.8) is 0 Å². The molecule has 4 rings (SSSR count). The molecule has 1 saturated heterocycles. The van der Waals surface area contributed by atoms with Gasteiger partial charge in [0.2, 0.25) is 5.91 Å². The number of carbonyl (C=O) groups is 2. The standard InChI is InChI=1S/C15H12F3N3O2S/c1-6-5-8(15(16,17)18)19-13-9(6)10-11(24-13)14(23)21-4-2-3-7(21)12(22)20-10/h5,7H,2-4H2,1H3,(H,20,22)/t7-/m0/s1. The van der Waals surface area contributed by atoms with Crippen LogP contribution in [0.4, 0.5) is 18.9 Å². The number of rotatable bonds is 0. The Morgan fingerprint density at radius 2 is 2.12 bits per heavy atom. The summed E-state index contributed by atoms with van der Waals surface area (Å²) >= 11 is 0.900. The van der Waals surface area contributed by atoms with Crippen molar-refractivity contribution in [1.29, 1.82) is 0 Å². The molecule has 2 aromatic rings. The number of nitrogens with one attached hydrogen (secondary N) is 1. The van der Waals surface area contributed by atoms with Crippen molar-refractivity contribution in [2.24, 2.45) is 0 Å². The fourth-order valence-corrected chi connectivity index (χ4v) is 4.48. The van der Waals surface area contributed by atoms with Crippen LogP contribution >= 0.6 is 11.3 Å². The first kappa shape index (κ1) is 15.4. The van der Waals surface area contributed by atoms with E-state index in [9.17, 15) is 22.8 Å². The second kappa shape index (κ2) is 4.92. The van der Waals surface area contributed by atoms with Crippen molar-refractivity contribution in [2.75, 3.05) is 11.9 Å². The van der Waals surface area contributed by atoms with E-state index in [0.717, 1.165) is 23.8 Å². The number of thiophene rings is 1. The van der Waals surface area contributed by atoms with Gasteiger partial charge in [0.25, 0.3) is 5.91 Å². The average molecular weight is 355 g/mol. The van der Waals surface area contributed by atoms with Crippen molar-refractivity contribution in [2.45, 2.75) is 32.0 Å². The summed E-state index contributed by atoms with van der Waals surface area (Å²) in [5.74, 6) is -0.611. The predicted molar refractivity (Wildman–Crippen MR) is 82.0 cm³/mol. The quantitative estimate of drug-likeness (QED) is 0.790. The SMILES string of the molecule is Cc1cc(C(F)(F)F)nc2sc3c(c12)NC(=O)[C@@H]1CCCN1C3=O.